The van der Waals surface area contributed by atoms with Crippen LogP contribution in [0.25, 0.3) is 0 Å². The molecule has 3 heterocycles. The van der Waals surface area contributed by atoms with Crippen molar-refractivity contribution in [2.45, 2.75) is 25.4 Å². The number of amides is 1. The van der Waals surface area contributed by atoms with Crippen LogP contribution in [0.4, 0.5) is 5.69 Å². The van der Waals surface area contributed by atoms with Crippen molar-refractivity contribution in [1.29, 1.82) is 0 Å². The van der Waals surface area contributed by atoms with Gasteiger partial charge in [0.05, 0.1) is 6.54 Å². The average Bonchev–Trinajstić information content (AvgIpc) is 3.45. The number of nitrogens with one attached hydrogen (secondary N) is 1. The van der Waals surface area contributed by atoms with Gasteiger partial charge in [0.15, 0.2) is 11.5 Å². The summed E-state index contributed by atoms with van der Waals surface area (Å²) >= 11 is 0. The number of piperidine rings is 1. The van der Waals surface area contributed by atoms with Gasteiger partial charge >= 0.3 is 0 Å². The highest BCUT2D eigenvalue weighted by Gasteiger charge is 2.25. The summed E-state index contributed by atoms with van der Waals surface area (Å²) in [5, 5.41) is 14.7. The number of anilines is 1. The number of nitrogens with zero attached hydrogens (tertiary/aromatic N) is 5. The van der Waals surface area contributed by atoms with Crippen LogP contribution in [0, 0.1) is 0 Å². The van der Waals surface area contributed by atoms with Crippen molar-refractivity contribution >= 4 is 11.6 Å². The van der Waals surface area contributed by atoms with Crippen LogP contribution in [0.3, 0.4) is 0 Å². The first-order valence-corrected chi connectivity index (χ1v) is 10.00. The summed E-state index contributed by atoms with van der Waals surface area (Å²) in [6.07, 6.45) is 3.55. The number of hydrogen-bond acceptors (Lipinski definition) is 7. The first-order chi connectivity index (χ1) is 14.7. The second-order valence-corrected chi connectivity index (χ2v) is 7.51. The molecule has 2 aliphatic rings. The lowest BCUT2D eigenvalue weighted by Crippen LogP contribution is -2.45. The average molecular weight is 406 g/mol. The van der Waals surface area contributed by atoms with E-state index >= 15 is 0 Å². The highest BCUT2D eigenvalue weighted by molar-refractivity contribution is 5.94. The van der Waals surface area contributed by atoms with Crippen LogP contribution in [0.5, 0.6) is 11.5 Å². The van der Waals surface area contributed by atoms with Crippen molar-refractivity contribution in [3.63, 3.8) is 0 Å². The Morgan fingerprint density at radius 1 is 1.13 bits per heavy atom. The number of hydrogen-bond donors (Lipinski definition) is 1. The predicted molar refractivity (Wildman–Crippen MR) is 108 cm³/mol. The highest BCUT2D eigenvalue weighted by atomic mass is 16.7. The summed E-state index contributed by atoms with van der Waals surface area (Å²) in [5.74, 6) is 1.58. The van der Waals surface area contributed by atoms with Gasteiger partial charge in [-0.15, -0.1) is 5.10 Å². The zero-order valence-electron chi connectivity index (χ0n) is 16.4. The number of likely N-dealkylation sites (tertiary alicyclic amines) is 1. The summed E-state index contributed by atoms with van der Waals surface area (Å²) in [6, 6.07) is 13.7. The third-order valence-corrected chi connectivity index (χ3v) is 5.39. The predicted octanol–water partition coefficient (Wildman–Crippen LogP) is 2.17. The van der Waals surface area contributed by atoms with Gasteiger partial charge in [0.1, 0.15) is 6.33 Å². The number of carbonyl (C=O) groups is 1. The van der Waals surface area contributed by atoms with E-state index in [0.29, 0.717) is 18.7 Å². The van der Waals surface area contributed by atoms with E-state index in [4.69, 9.17) is 9.47 Å². The third-order valence-electron chi connectivity index (χ3n) is 5.39. The number of rotatable bonds is 5. The fraction of sp³-hybridized carbons (Fsp3) is 0.333. The second kappa shape index (κ2) is 8.02. The van der Waals surface area contributed by atoms with Crippen molar-refractivity contribution in [2.24, 2.45) is 0 Å². The Morgan fingerprint density at radius 3 is 2.83 bits per heavy atom. The molecular weight excluding hydrogens is 384 g/mol. The molecule has 0 bridgehead atoms. The highest BCUT2D eigenvalue weighted by Crippen LogP contribution is 2.34. The third kappa shape index (κ3) is 3.91. The minimum absolute atomic E-state index is 0.0566. The number of aromatic nitrogens is 4. The van der Waals surface area contributed by atoms with Crippen molar-refractivity contribution < 1.29 is 14.3 Å². The van der Waals surface area contributed by atoms with Gasteiger partial charge in [-0.3, -0.25) is 4.79 Å². The fourth-order valence-electron chi connectivity index (χ4n) is 3.88. The van der Waals surface area contributed by atoms with Gasteiger partial charge in [0, 0.05) is 36.4 Å². The molecule has 1 N–H and O–H groups in total. The van der Waals surface area contributed by atoms with Crippen LogP contribution in [0.15, 0.2) is 48.8 Å². The number of tetrazole rings is 1. The maximum atomic E-state index is 13.0. The minimum atomic E-state index is 0.0566. The number of fused-ring (bicyclic) bond motifs is 1. The molecule has 5 rings (SSSR count). The van der Waals surface area contributed by atoms with E-state index in [-0.39, 0.29) is 18.7 Å². The maximum Gasteiger partial charge on any atom is 0.253 e. The molecule has 30 heavy (non-hydrogen) atoms. The van der Waals surface area contributed by atoms with Gasteiger partial charge in [-0.1, -0.05) is 12.1 Å². The Kier molecular flexibility index (Phi) is 4.92. The molecular formula is C21H22N6O3. The molecule has 9 heteroatoms. The molecule has 2 aromatic carbocycles. The van der Waals surface area contributed by atoms with E-state index in [0.717, 1.165) is 42.1 Å². The zero-order valence-corrected chi connectivity index (χ0v) is 16.4. The normalized spacial score (nSPS) is 17.7. The molecule has 0 saturated carbocycles. The summed E-state index contributed by atoms with van der Waals surface area (Å²) in [4.78, 5) is 14.9. The van der Waals surface area contributed by atoms with Crippen LogP contribution in [0.1, 0.15) is 28.8 Å². The van der Waals surface area contributed by atoms with E-state index in [1.54, 1.807) is 11.0 Å². The van der Waals surface area contributed by atoms with Crippen molar-refractivity contribution in [3.8, 4) is 11.5 Å². The van der Waals surface area contributed by atoms with Crippen LogP contribution >= 0.6 is 0 Å². The van der Waals surface area contributed by atoms with Crippen molar-refractivity contribution in [2.75, 3.05) is 25.2 Å². The Balaban J connectivity index is 1.21. The summed E-state index contributed by atoms with van der Waals surface area (Å²) < 4.78 is 12.5. The summed E-state index contributed by atoms with van der Waals surface area (Å²) in [7, 11) is 0. The summed E-state index contributed by atoms with van der Waals surface area (Å²) in [5.41, 5.74) is 2.71. The van der Waals surface area contributed by atoms with Crippen LogP contribution in [-0.4, -0.2) is 56.9 Å². The smallest absolute Gasteiger partial charge is 0.253 e. The van der Waals surface area contributed by atoms with Gasteiger partial charge in [0.25, 0.3) is 5.91 Å². The number of benzene rings is 2. The van der Waals surface area contributed by atoms with Crippen molar-refractivity contribution in [1.82, 2.24) is 25.1 Å². The largest absolute Gasteiger partial charge is 0.454 e. The van der Waals surface area contributed by atoms with Gasteiger partial charge in [-0.05, 0) is 53.1 Å². The van der Waals surface area contributed by atoms with Gasteiger partial charge in [0.2, 0.25) is 6.79 Å². The first-order valence-electron chi connectivity index (χ1n) is 10.00. The minimum Gasteiger partial charge on any atom is -0.454 e. The lowest BCUT2D eigenvalue weighted by atomic mass is 10.0. The van der Waals surface area contributed by atoms with Gasteiger partial charge in [-0.2, -0.15) is 0 Å². The Hall–Kier alpha value is -3.62. The lowest BCUT2D eigenvalue weighted by molar-refractivity contribution is 0.0715. The van der Waals surface area contributed by atoms with E-state index < -0.39 is 0 Å². The standard InChI is InChI=1S/C21H22N6O3/c28-21(16-5-3-15(4-6-16)11-27-13-22-24-25-27)26-9-1-2-18(12-26)23-17-7-8-19-20(10-17)30-14-29-19/h3-8,10,13,18,23H,1-2,9,11-12,14H2. The topological polar surface area (TPSA) is 94.4 Å². The summed E-state index contributed by atoms with van der Waals surface area (Å²) in [6.45, 7) is 2.27. The van der Waals surface area contributed by atoms with E-state index in [2.05, 4.69) is 20.8 Å². The first kappa shape index (κ1) is 18.4. The lowest BCUT2D eigenvalue weighted by Gasteiger charge is -2.34. The molecule has 1 saturated heterocycles. The molecule has 2 aliphatic heterocycles. The Labute approximate surface area is 173 Å². The second-order valence-electron chi connectivity index (χ2n) is 7.51. The molecule has 1 unspecified atom stereocenters. The molecule has 9 nitrogen and oxygen atoms in total. The molecule has 0 aliphatic carbocycles. The molecule has 1 aromatic heterocycles. The zero-order chi connectivity index (χ0) is 20.3. The van der Waals surface area contributed by atoms with Crippen molar-refractivity contribution in [3.05, 3.63) is 59.9 Å². The Bertz CT molecular complexity index is 1020. The van der Waals surface area contributed by atoms with E-state index in [9.17, 15) is 4.79 Å². The molecule has 154 valence electrons. The van der Waals surface area contributed by atoms with Gasteiger partial charge < -0.3 is 19.7 Å². The molecule has 1 amide bonds. The number of ether oxygens (including phenoxy) is 2. The fourth-order valence-corrected chi connectivity index (χ4v) is 3.88. The molecule has 1 atom stereocenters. The van der Waals surface area contributed by atoms with E-state index in [1.807, 2.05) is 47.4 Å². The van der Waals surface area contributed by atoms with Gasteiger partial charge in [-0.25, -0.2) is 4.68 Å². The molecule has 3 aromatic rings. The van der Waals surface area contributed by atoms with Crippen LogP contribution in [0.2, 0.25) is 0 Å². The quantitative estimate of drug-likeness (QED) is 0.694. The number of carbonyl (C=O) groups excluding carboxylic acids is 1. The molecule has 0 spiro atoms. The molecule has 1 fully saturated rings. The maximum absolute atomic E-state index is 13.0. The van der Waals surface area contributed by atoms with Crippen LogP contribution < -0.4 is 14.8 Å². The monoisotopic (exact) mass is 406 g/mol. The van der Waals surface area contributed by atoms with E-state index in [1.165, 1.54) is 0 Å². The SMILES string of the molecule is O=C(c1ccc(Cn2cnnn2)cc1)N1CCCC(Nc2ccc3c(c2)OCO3)C1. The Morgan fingerprint density at radius 2 is 2.00 bits per heavy atom. The van der Waals surface area contributed by atoms with Crippen LogP contribution in [-0.2, 0) is 6.54 Å². The molecule has 0 radical (unpaired) electrons.